The van der Waals surface area contributed by atoms with Crippen molar-refractivity contribution in [3.63, 3.8) is 0 Å². The first-order valence-electron chi connectivity index (χ1n) is 5.64. The molecule has 0 bridgehead atoms. The van der Waals surface area contributed by atoms with Crippen molar-refractivity contribution in [2.75, 3.05) is 21.3 Å². The fourth-order valence-electron chi connectivity index (χ4n) is 2.12. The molecule has 0 atom stereocenters. The molecule has 0 N–H and O–H groups in total. The molecule has 0 aliphatic heterocycles. The second-order valence-corrected chi connectivity index (χ2v) is 8.97. The molecule has 0 saturated heterocycles. The van der Waals surface area contributed by atoms with E-state index < -0.39 is 17.8 Å². The Morgan fingerprint density at radius 3 is 2.19 bits per heavy atom. The molecule has 1 aliphatic carbocycles. The molecule has 0 unspecified atom stereocenters. The molecule has 0 heterocycles. The van der Waals surface area contributed by atoms with Gasteiger partial charge in [0.25, 0.3) is 0 Å². The van der Waals surface area contributed by atoms with Gasteiger partial charge in [-0.15, -0.1) is 0 Å². The first-order chi connectivity index (χ1) is 7.59. The molecule has 0 spiro atoms. The first kappa shape index (κ1) is 14.1. The van der Waals surface area contributed by atoms with Crippen LogP contribution in [0.15, 0.2) is 21.6 Å². The summed E-state index contributed by atoms with van der Waals surface area (Å²) in [5.41, 5.74) is 1.35. The van der Waals surface area contributed by atoms with Crippen molar-refractivity contribution >= 4 is 0 Å². The third kappa shape index (κ3) is 2.85. The second kappa shape index (κ2) is 6.13. The van der Waals surface area contributed by atoms with E-state index in [0.717, 1.165) is 12.8 Å². The summed E-state index contributed by atoms with van der Waals surface area (Å²) in [5.74, 6) is 0.637. The Kier molecular flexibility index (Phi) is 5.41. The van der Waals surface area contributed by atoms with Crippen molar-refractivity contribution in [3.8, 4) is 0 Å². The van der Waals surface area contributed by atoms with Crippen LogP contribution in [-0.2, 0) is 27.7 Å². The van der Waals surface area contributed by atoms with Crippen LogP contribution in [0.2, 0.25) is 0 Å². The Morgan fingerprint density at radius 2 is 1.75 bits per heavy atom. The minimum absolute atomic E-state index is 0.637. The van der Waals surface area contributed by atoms with Gasteiger partial charge in [-0.05, 0) is 0 Å². The average Bonchev–Trinajstić information content (AvgIpc) is 2.70. The van der Waals surface area contributed by atoms with Crippen molar-refractivity contribution in [1.29, 1.82) is 0 Å². The van der Waals surface area contributed by atoms with Crippen molar-refractivity contribution in [1.82, 2.24) is 0 Å². The van der Waals surface area contributed by atoms with Gasteiger partial charge >= 0.3 is 103 Å². The second-order valence-electron chi connectivity index (χ2n) is 4.38. The maximum absolute atomic E-state index is 5.58. The zero-order valence-corrected chi connectivity index (χ0v) is 12.4. The number of rotatable bonds is 6. The molecule has 16 heavy (non-hydrogen) atoms. The van der Waals surface area contributed by atoms with Crippen LogP contribution in [0.25, 0.3) is 0 Å². The molecule has 0 fully saturated rings. The van der Waals surface area contributed by atoms with Gasteiger partial charge in [0, 0.05) is 0 Å². The van der Waals surface area contributed by atoms with Crippen LogP contribution in [0, 0.1) is 5.92 Å². The van der Waals surface area contributed by atoms with E-state index in [2.05, 4.69) is 26.0 Å². The summed E-state index contributed by atoms with van der Waals surface area (Å²) in [7, 11) is 5.06. The summed E-state index contributed by atoms with van der Waals surface area (Å²) in [5, 5.41) is 0. The van der Waals surface area contributed by atoms with Gasteiger partial charge in [0.15, 0.2) is 0 Å². The Balaban J connectivity index is 2.99. The zero-order chi connectivity index (χ0) is 12.2. The van der Waals surface area contributed by atoms with Gasteiger partial charge in [0.2, 0.25) is 0 Å². The summed E-state index contributed by atoms with van der Waals surface area (Å²) in [6.45, 7) is 4.44. The number of hydrogen-bond acceptors (Lipinski definition) is 3. The molecule has 4 heteroatoms. The fourth-order valence-corrected chi connectivity index (χ4v) is 5.54. The monoisotopic (exact) mass is 262 g/mol. The Morgan fingerprint density at radius 1 is 1.19 bits per heavy atom. The van der Waals surface area contributed by atoms with Crippen LogP contribution in [0.4, 0.5) is 0 Å². The van der Waals surface area contributed by atoms with Gasteiger partial charge in [-0.1, -0.05) is 0 Å². The van der Waals surface area contributed by atoms with E-state index in [1.54, 1.807) is 21.3 Å². The molecule has 1 aliphatic rings. The molecule has 1 rings (SSSR count). The van der Waals surface area contributed by atoms with Crippen molar-refractivity contribution in [2.45, 2.75) is 26.7 Å². The van der Waals surface area contributed by atoms with E-state index in [1.807, 2.05) is 0 Å². The van der Waals surface area contributed by atoms with Crippen LogP contribution < -0.4 is 0 Å². The van der Waals surface area contributed by atoms with E-state index in [9.17, 15) is 0 Å². The molecular formula is C12H22O3Ti. The minimum atomic E-state index is -3.15. The Bertz CT molecular complexity index is 282. The number of allylic oxidation sites excluding steroid dienone is 4. The molecular weight excluding hydrogens is 240 g/mol. The average molecular weight is 262 g/mol. The molecule has 0 amide bonds. The van der Waals surface area contributed by atoms with Gasteiger partial charge in [-0.3, -0.25) is 0 Å². The molecule has 0 saturated carbocycles. The van der Waals surface area contributed by atoms with Gasteiger partial charge in [0.05, 0.1) is 0 Å². The SMILES string of the molecule is C[O][Ti]([O]C)([O]C)[C]1=C(CC(C)C)C=CC1. The first-order valence-corrected chi connectivity index (χ1v) is 8.33. The Hall–Kier alpha value is 0.0743. The summed E-state index contributed by atoms with van der Waals surface area (Å²) in [6, 6.07) is 0. The van der Waals surface area contributed by atoms with Crippen LogP contribution in [-0.4, -0.2) is 21.3 Å². The van der Waals surface area contributed by atoms with E-state index in [0.29, 0.717) is 5.92 Å². The molecule has 0 aromatic carbocycles. The van der Waals surface area contributed by atoms with Gasteiger partial charge in [0.1, 0.15) is 0 Å². The van der Waals surface area contributed by atoms with E-state index in [1.165, 1.54) is 9.45 Å². The van der Waals surface area contributed by atoms with E-state index in [-0.39, 0.29) is 0 Å². The topological polar surface area (TPSA) is 27.7 Å². The van der Waals surface area contributed by atoms with Crippen molar-refractivity contribution in [3.05, 3.63) is 21.6 Å². The van der Waals surface area contributed by atoms with Gasteiger partial charge < -0.3 is 0 Å². The summed E-state index contributed by atoms with van der Waals surface area (Å²) in [4.78, 5) is 0. The molecule has 0 aromatic heterocycles. The summed E-state index contributed by atoms with van der Waals surface area (Å²) in [6.07, 6.45) is 6.34. The third-order valence-electron chi connectivity index (χ3n) is 2.83. The summed E-state index contributed by atoms with van der Waals surface area (Å²) >= 11 is -3.15. The van der Waals surface area contributed by atoms with Crippen molar-refractivity contribution < 1.29 is 27.7 Å². The quantitative estimate of drug-likeness (QED) is 0.688. The molecule has 92 valence electrons. The Labute approximate surface area is 103 Å². The molecule has 0 radical (unpaired) electrons. The molecule has 3 nitrogen and oxygen atoms in total. The fraction of sp³-hybridized carbons (Fsp3) is 0.667. The maximum atomic E-state index is 5.58. The van der Waals surface area contributed by atoms with Gasteiger partial charge in [-0.2, -0.15) is 0 Å². The van der Waals surface area contributed by atoms with Crippen LogP contribution in [0.3, 0.4) is 0 Å². The normalized spacial score (nSPS) is 16.6. The van der Waals surface area contributed by atoms with Crippen LogP contribution >= 0.6 is 0 Å². The van der Waals surface area contributed by atoms with Gasteiger partial charge in [-0.25, -0.2) is 0 Å². The summed E-state index contributed by atoms with van der Waals surface area (Å²) < 4.78 is 18.0. The standard InChI is InChI=1S/C9H13.3CH3O.Ti/c1-8(2)7-9-5-3-4-6-9;3*1-2;/h3,5,8H,4,7H2,1-2H3;3*1H3;/q;3*-1;+3. The predicted octanol–water partition coefficient (Wildman–Crippen LogP) is 3.08. The number of hydrogen-bond donors (Lipinski definition) is 0. The van der Waals surface area contributed by atoms with E-state index in [4.69, 9.17) is 9.96 Å². The van der Waals surface area contributed by atoms with Crippen LogP contribution in [0.5, 0.6) is 0 Å². The predicted molar refractivity (Wildman–Crippen MR) is 61.3 cm³/mol. The van der Waals surface area contributed by atoms with E-state index >= 15 is 0 Å². The van der Waals surface area contributed by atoms with Crippen LogP contribution in [0.1, 0.15) is 26.7 Å². The third-order valence-corrected chi connectivity index (χ3v) is 7.32. The zero-order valence-electron chi connectivity index (χ0n) is 10.9. The molecule has 0 aromatic rings. The van der Waals surface area contributed by atoms with Crippen molar-refractivity contribution in [2.24, 2.45) is 5.92 Å².